The predicted octanol–water partition coefficient (Wildman–Crippen LogP) is 2.34. The largest absolute Gasteiger partial charge is 0.489 e. The Hall–Kier alpha value is -2.57. The molecule has 0 atom stereocenters. The summed E-state index contributed by atoms with van der Waals surface area (Å²) in [5.41, 5.74) is 0. The summed E-state index contributed by atoms with van der Waals surface area (Å²) >= 11 is 0. The molecule has 0 amide bonds. The number of hydrogen-bond donors (Lipinski definition) is 2. The first-order chi connectivity index (χ1) is 11.2. The monoisotopic (exact) mass is 323 g/mol. The fourth-order valence-corrected chi connectivity index (χ4v) is 1.90. The number of ether oxygens (including phenoxy) is 1. The maximum absolute atomic E-state index is 13.4. The lowest BCUT2D eigenvalue weighted by Crippen LogP contribution is -2.40. The highest BCUT2D eigenvalue weighted by Gasteiger charge is 2.05. The average Bonchev–Trinajstić information content (AvgIpc) is 3.04. The Labute approximate surface area is 133 Å². The molecule has 2 rings (SSSR count). The van der Waals surface area contributed by atoms with Crippen molar-refractivity contribution < 1.29 is 17.9 Å². The Balaban J connectivity index is 1.65. The molecule has 0 aliphatic rings. The van der Waals surface area contributed by atoms with Gasteiger partial charge in [-0.2, -0.15) is 0 Å². The third kappa shape index (κ3) is 5.61. The van der Waals surface area contributed by atoms with E-state index in [0.29, 0.717) is 19.0 Å². The highest BCUT2D eigenvalue weighted by atomic mass is 19.1. The number of hydrogen-bond acceptors (Lipinski definition) is 3. The standard InChI is InChI=1S/C16H19F2N3O2/c1-19-16(20-7-6-13-3-2-9-22-13)21-8-10-23-15-5-4-12(17)11-14(15)18/h2-5,9,11H,6-8,10H2,1H3,(H2,19,20,21). The molecule has 2 N–H and O–H groups in total. The van der Waals surface area contributed by atoms with Crippen LogP contribution in [0, 0.1) is 11.6 Å². The molecular formula is C16H19F2N3O2. The van der Waals surface area contributed by atoms with Crippen molar-refractivity contribution in [3.8, 4) is 5.75 Å². The Morgan fingerprint density at radius 2 is 2.04 bits per heavy atom. The van der Waals surface area contributed by atoms with E-state index in [1.54, 1.807) is 13.3 Å². The van der Waals surface area contributed by atoms with Gasteiger partial charge in [0.1, 0.15) is 18.2 Å². The predicted molar refractivity (Wildman–Crippen MR) is 83.6 cm³/mol. The molecule has 0 bridgehead atoms. The van der Waals surface area contributed by atoms with Crippen molar-refractivity contribution in [1.82, 2.24) is 10.6 Å². The average molecular weight is 323 g/mol. The molecule has 23 heavy (non-hydrogen) atoms. The van der Waals surface area contributed by atoms with E-state index in [-0.39, 0.29) is 12.4 Å². The lowest BCUT2D eigenvalue weighted by Gasteiger charge is -2.12. The molecule has 0 radical (unpaired) electrons. The molecule has 124 valence electrons. The van der Waals surface area contributed by atoms with Crippen LogP contribution in [-0.4, -0.2) is 32.7 Å². The van der Waals surface area contributed by atoms with Gasteiger partial charge in [-0.3, -0.25) is 4.99 Å². The summed E-state index contributed by atoms with van der Waals surface area (Å²) < 4.78 is 36.6. The van der Waals surface area contributed by atoms with Gasteiger partial charge in [-0.25, -0.2) is 8.78 Å². The summed E-state index contributed by atoms with van der Waals surface area (Å²) in [6, 6.07) is 6.96. The van der Waals surface area contributed by atoms with Gasteiger partial charge in [-0.15, -0.1) is 0 Å². The van der Waals surface area contributed by atoms with Gasteiger partial charge in [0.05, 0.1) is 12.8 Å². The van der Waals surface area contributed by atoms with Crippen LogP contribution in [0.1, 0.15) is 5.76 Å². The van der Waals surface area contributed by atoms with Gasteiger partial charge in [0.2, 0.25) is 0 Å². The van der Waals surface area contributed by atoms with Crippen LogP contribution in [-0.2, 0) is 6.42 Å². The SMILES string of the molecule is CN=C(NCCOc1ccc(F)cc1F)NCCc1ccco1. The highest BCUT2D eigenvalue weighted by Crippen LogP contribution is 2.17. The van der Waals surface area contributed by atoms with E-state index in [1.807, 2.05) is 12.1 Å². The first kappa shape index (κ1) is 16.8. The molecule has 1 aromatic carbocycles. The number of nitrogens with zero attached hydrogens (tertiary/aromatic N) is 1. The minimum absolute atomic E-state index is 0.0222. The summed E-state index contributed by atoms with van der Waals surface area (Å²) in [7, 11) is 1.66. The highest BCUT2D eigenvalue weighted by molar-refractivity contribution is 5.79. The molecule has 1 aromatic heterocycles. The molecular weight excluding hydrogens is 304 g/mol. The summed E-state index contributed by atoms with van der Waals surface area (Å²) in [5, 5.41) is 6.16. The quantitative estimate of drug-likeness (QED) is 0.466. The van der Waals surface area contributed by atoms with E-state index in [0.717, 1.165) is 24.3 Å². The molecule has 0 saturated carbocycles. The van der Waals surface area contributed by atoms with Crippen molar-refractivity contribution in [2.45, 2.75) is 6.42 Å². The van der Waals surface area contributed by atoms with Gasteiger partial charge in [0.25, 0.3) is 0 Å². The smallest absolute Gasteiger partial charge is 0.191 e. The molecule has 0 unspecified atom stereocenters. The van der Waals surface area contributed by atoms with Gasteiger partial charge >= 0.3 is 0 Å². The lowest BCUT2D eigenvalue weighted by atomic mass is 10.3. The first-order valence-corrected chi connectivity index (χ1v) is 7.24. The number of nitrogens with one attached hydrogen (secondary N) is 2. The van der Waals surface area contributed by atoms with Crippen LogP contribution in [0.4, 0.5) is 8.78 Å². The Bertz CT molecular complexity index is 630. The molecule has 0 aliphatic carbocycles. The molecule has 7 heteroatoms. The minimum atomic E-state index is -0.717. The van der Waals surface area contributed by atoms with Gasteiger partial charge in [-0.05, 0) is 24.3 Å². The van der Waals surface area contributed by atoms with Crippen LogP contribution in [0.15, 0.2) is 46.0 Å². The number of benzene rings is 1. The van der Waals surface area contributed by atoms with Gasteiger partial charge in [0.15, 0.2) is 17.5 Å². The van der Waals surface area contributed by atoms with Gasteiger partial charge in [0, 0.05) is 26.1 Å². The second-order valence-corrected chi connectivity index (χ2v) is 4.68. The van der Waals surface area contributed by atoms with E-state index in [1.165, 1.54) is 6.07 Å². The fraction of sp³-hybridized carbons (Fsp3) is 0.312. The van der Waals surface area contributed by atoms with Gasteiger partial charge in [-0.1, -0.05) is 0 Å². The Kier molecular flexibility index (Phi) is 6.40. The van der Waals surface area contributed by atoms with Crippen LogP contribution in [0.5, 0.6) is 5.75 Å². The zero-order valence-corrected chi connectivity index (χ0v) is 12.8. The van der Waals surface area contributed by atoms with Crippen molar-refractivity contribution in [1.29, 1.82) is 0 Å². The number of aliphatic imine (C=N–C) groups is 1. The normalized spacial score (nSPS) is 11.3. The molecule has 1 heterocycles. The summed E-state index contributed by atoms with van der Waals surface area (Å²) in [4.78, 5) is 4.07. The summed E-state index contributed by atoms with van der Waals surface area (Å²) in [5.74, 6) is 0.178. The van der Waals surface area contributed by atoms with E-state index >= 15 is 0 Å². The van der Waals surface area contributed by atoms with Crippen LogP contribution >= 0.6 is 0 Å². The van der Waals surface area contributed by atoms with E-state index in [2.05, 4.69) is 15.6 Å². The maximum atomic E-state index is 13.4. The summed E-state index contributed by atoms with van der Waals surface area (Å²) in [6.07, 6.45) is 2.37. The first-order valence-electron chi connectivity index (χ1n) is 7.24. The third-order valence-electron chi connectivity index (χ3n) is 3.01. The second kappa shape index (κ2) is 8.77. The molecule has 0 fully saturated rings. The van der Waals surface area contributed by atoms with Crippen LogP contribution in [0.3, 0.4) is 0 Å². The zero-order chi connectivity index (χ0) is 16.5. The third-order valence-corrected chi connectivity index (χ3v) is 3.01. The molecule has 0 aliphatic heterocycles. The number of rotatable bonds is 7. The number of furan rings is 1. The van der Waals surface area contributed by atoms with Crippen molar-refractivity contribution in [2.75, 3.05) is 26.7 Å². The molecule has 0 spiro atoms. The van der Waals surface area contributed by atoms with Crippen molar-refractivity contribution >= 4 is 5.96 Å². The van der Waals surface area contributed by atoms with Crippen LogP contribution < -0.4 is 15.4 Å². The van der Waals surface area contributed by atoms with E-state index < -0.39 is 11.6 Å². The number of halogens is 2. The minimum Gasteiger partial charge on any atom is -0.489 e. The maximum Gasteiger partial charge on any atom is 0.191 e. The van der Waals surface area contributed by atoms with Crippen LogP contribution in [0.25, 0.3) is 0 Å². The second-order valence-electron chi connectivity index (χ2n) is 4.68. The van der Waals surface area contributed by atoms with Crippen LogP contribution in [0.2, 0.25) is 0 Å². The zero-order valence-electron chi connectivity index (χ0n) is 12.8. The molecule has 5 nitrogen and oxygen atoms in total. The van der Waals surface area contributed by atoms with Crippen molar-refractivity contribution in [2.24, 2.45) is 4.99 Å². The topological polar surface area (TPSA) is 58.8 Å². The lowest BCUT2D eigenvalue weighted by molar-refractivity contribution is 0.304. The summed E-state index contributed by atoms with van der Waals surface area (Å²) in [6.45, 7) is 1.32. The Morgan fingerprint density at radius 1 is 1.22 bits per heavy atom. The van der Waals surface area contributed by atoms with E-state index in [9.17, 15) is 8.78 Å². The van der Waals surface area contributed by atoms with Crippen molar-refractivity contribution in [3.05, 3.63) is 54.0 Å². The molecule has 2 aromatic rings. The Morgan fingerprint density at radius 3 is 2.74 bits per heavy atom. The number of guanidine groups is 1. The van der Waals surface area contributed by atoms with Crippen molar-refractivity contribution in [3.63, 3.8) is 0 Å². The van der Waals surface area contributed by atoms with E-state index in [4.69, 9.17) is 9.15 Å². The van der Waals surface area contributed by atoms with Gasteiger partial charge < -0.3 is 19.8 Å². The molecule has 0 saturated heterocycles. The fourth-order valence-electron chi connectivity index (χ4n) is 1.90.